The van der Waals surface area contributed by atoms with Gasteiger partial charge in [0.1, 0.15) is 0 Å². The van der Waals surface area contributed by atoms with Gasteiger partial charge in [-0.2, -0.15) is 0 Å². The summed E-state index contributed by atoms with van der Waals surface area (Å²) in [5.74, 6) is 0.603. The van der Waals surface area contributed by atoms with Gasteiger partial charge in [0.05, 0.1) is 0 Å². The van der Waals surface area contributed by atoms with Gasteiger partial charge in [-0.3, -0.25) is 0 Å². The molecule has 0 heterocycles. The molecule has 2 heteroatoms. The van der Waals surface area contributed by atoms with Crippen LogP contribution in [0.25, 0.3) is 0 Å². The first-order chi connectivity index (χ1) is 13.7. The normalized spacial score (nSPS) is 13.3. The van der Waals surface area contributed by atoms with Crippen LogP contribution >= 0.6 is 0 Å². The summed E-state index contributed by atoms with van der Waals surface area (Å²) in [6, 6.07) is 10.5. The molecule has 1 aromatic carbocycles. The molecule has 0 saturated heterocycles. The Morgan fingerprint density at radius 1 is 0.857 bits per heavy atom. The molecule has 0 aliphatic heterocycles. The quantitative estimate of drug-likeness (QED) is 0.156. The molecule has 0 saturated carbocycles. The van der Waals surface area contributed by atoms with E-state index < -0.39 is 18.4 Å². The average molecular weight is 493 g/mol. The molecule has 0 spiro atoms. The summed E-state index contributed by atoms with van der Waals surface area (Å²) >= 11 is -1.97. The van der Waals surface area contributed by atoms with Crippen LogP contribution in [0.3, 0.4) is 0 Å². The maximum atomic E-state index is 5.92. The summed E-state index contributed by atoms with van der Waals surface area (Å²) < 4.78 is 12.2. The van der Waals surface area contributed by atoms with E-state index in [0.29, 0.717) is 5.92 Å². The molecule has 0 N–H and O–H groups in total. The summed E-state index contributed by atoms with van der Waals surface area (Å²) in [4.78, 5) is 0. The van der Waals surface area contributed by atoms with E-state index in [1.54, 1.807) is 13.3 Å². The van der Waals surface area contributed by atoms with Crippen LogP contribution in [0.2, 0.25) is 17.7 Å². The van der Waals surface area contributed by atoms with Gasteiger partial charge in [-0.15, -0.1) is 0 Å². The molecule has 1 nitrogen and oxygen atoms in total. The van der Waals surface area contributed by atoms with Crippen molar-refractivity contribution in [3.8, 4) is 0 Å². The third kappa shape index (κ3) is 11.7. The first-order valence-electron chi connectivity index (χ1n) is 11.9. The minimum atomic E-state index is -1.97. The first kappa shape index (κ1) is 25.8. The van der Waals surface area contributed by atoms with Crippen LogP contribution in [0.4, 0.5) is 0 Å². The molecule has 1 rings (SSSR count). The molecule has 0 fully saturated rings. The van der Waals surface area contributed by atoms with Gasteiger partial charge in [0.2, 0.25) is 0 Å². The summed E-state index contributed by atoms with van der Waals surface area (Å²) in [5.41, 5.74) is 1.27. The van der Waals surface area contributed by atoms with Crippen molar-refractivity contribution in [2.24, 2.45) is 5.92 Å². The molecule has 0 bridgehead atoms. The summed E-state index contributed by atoms with van der Waals surface area (Å²) in [7, 11) is 0. The van der Waals surface area contributed by atoms with Crippen molar-refractivity contribution >= 4 is 18.4 Å². The summed E-state index contributed by atoms with van der Waals surface area (Å²) in [6.07, 6.45) is 14.8. The van der Waals surface area contributed by atoms with E-state index in [0.717, 1.165) is 19.6 Å². The fourth-order valence-corrected chi connectivity index (χ4v) is 19.3. The molecular weight excluding hydrogens is 447 g/mol. The number of hydrogen-bond donors (Lipinski definition) is 0. The van der Waals surface area contributed by atoms with Crippen LogP contribution in [-0.2, 0) is 11.3 Å². The number of unbranched alkanes of at least 4 members (excludes halogenated alkanes) is 3. The zero-order valence-electron chi connectivity index (χ0n) is 19.2. The number of benzene rings is 1. The Kier molecular flexibility index (Phi) is 15.2. The molecule has 0 aliphatic carbocycles. The number of rotatable bonds is 17. The van der Waals surface area contributed by atoms with Crippen molar-refractivity contribution < 1.29 is 4.74 Å². The summed E-state index contributed by atoms with van der Waals surface area (Å²) in [6.45, 7) is 11.0. The topological polar surface area (TPSA) is 9.23 Å². The molecule has 0 aromatic heterocycles. The van der Waals surface area contributed by atoms with Crippen LogP contribution in [-0.4, -0.2) is 25.0 Å². The number of hydrogen-bond acceptors (Lipinski definition) is 1. The van der Waals surface area contributed by atoms with E-state index in [2.05, 4.69) is 70.2 Å². The van der Waals surface area contributed by atoms with Crippen molar-refractivity contribution in [3.05, 3.63) is 48.0 Å². The van der Waals surface area contributed by atoms with E-state index in [1.165, 1.54) is 48.5 Å². The predicted octanol–water partition coefficient (Wildman–Crippen LogP) is 8.63. The number of allylic oxidation sites excluding steroid dienone is 2. The van der Waals surface area contributed by atoms with E-state index >= 15 is 0 Å². The molecule has 1 aromatic rings. The second-order valence-electron chi connectivity index (χ2n) is 8.83. The second-order valence-corrected chi connectivity index (χ2v) is 22.8. The van der Waals surface area contributed by atoms with Crippen molar-refractivity contribution in [2.45, 2.75) is 97.0 Å². The van der Waals surface area contributed by atoms with Crippen LogP contribution in [0.1, 0.15) is 78.2 Å². The van der Waals surface area contributed by atoms with Gasteiger partial charge >= 0.3 is 181 Å². The second kappa shape index (κ2) is 16.5. The van der Waals surface area contributed by atoms with Crippen LogP contribution in [0.15, 0.2) is 42.5 Å². The Labute approximate surface area is 180 Å². The van der Waals surface area contributed by atoms with Gasteiger partial charge in [-0.25, -0.2) is 0 Å². The fourth-order valence-electron chi connectivity index (χ4n) is 4.02. The first-order valence-corrected chi connectivity index (χ1v) is 20.0. The van der Waals surface area contributed by atoms with Gasteiger partial charge in [0.15, 0.2) is 0 Å². The molecule has 160 valence electrons. The molecule has 0 amide bonds. The van der Waals surface area contributed by atoms with Crippen molar-refractivity contribution in [1.29, 1.82) is 0 Å². The van der Waals surface area contributed by atoms with Gasteiger partial charge in [0, 0.05) is 0 Å². The Morgan fingerprint density at radius 3 is 1.96 bits per heavy atom. The predicted molar refractivity (Wildman–Crippen MR) is 129 cm³/mol. The van der Waals surface area contributed by atoms with Gasteiger partial charge in [-0.05, 0) is 0 Å². The third-order valence-corrected chi connectivity index (χ3v) is 21.2. The Balaban J connectivity index is 2.43. The Morgan fingerprint density at radius 2 is 1.43 bits per heavy atom. The standard InChI is InChI=1S/C14H19O.3C4H9.Sn/c1-3-4-8-13(2)11-15-12-14-9-6-5-7-10-14;3*1-3-4-2;/h3-7,9-10,13H,1,8,11-12H2,2H3;3*1,3-4H2,2H3;/b4-3+;;;;/t13-;;;;/m1..../s1. The Hall–Kier alpha value is -0.281. The summed E-state index contributed by atoms with van der Waals surface area (Å²) in [5, 5.41) is 0. The molecule has 0 radical (unpaired) electrons. The Bertz CT molecular complexity index is 475. The van der Waals surface area contributed by atoms with E-state index in [4.69, 9.17) is 4.74 Å². The number of ether oxygens (including phenoxy) is 1. The van der Waals surface area contributed by atoms with E-state index in [-0.39, 0.29) is 0 Å². The van der Waals surface area contributed by atoms with Gasteiger partial charge in [-0.1, -0.05) is 0 Å². The zero-order valence-corrected chi connectivity index (χ0v) is 22.1. The van der Waals surface area contributed by atoms with Crippen molar-refractivity contribution in [3.63, 3.8) is 0 Å². The van der Waals surface area contributed by atoms with E-state index in [1.807, 2.05) is 0 Å². The van der Waals surface area contributed by atoms with Crippen molar-refractivity contribution in [2.75, 3.05) is 6.61 Å². The molecule has 1 atom stereocenters. The average Bonchev–Trinajstić information content (AvgIpc) is 2.72. The third-order valence-electron chi connectivity index (χ3n) is 5.95. The molecule has 28 heavy (non-hydrogen) atoms. The van der Waals surface area contributed by atoms with Crippen LogP contribution in [0, 0.1) is 5.92 Å². The molecular formula is C26H46OSn. The van der Waals surface area contributed by atoms with Gasteiger partial charge < -0.3 is 0 Å². The van der Waals surface area contributed by atoms with Crippen LogP contribution < -0.4 is 0 Å². The van der Waals surface area contributed by atoms with Crippen molar-refractivity contribution in [1.82, 2.24) is 0 Å². The van der Waals surface area contributed by atoms with Gasteiger partial charge in [0.25, 0.3) is 0 Å². The zero-order chi connectivity index (χ0) is 20.5. The monoisotopic (exact) mass is 494 g/mol. The maximum absolute atomic E-state index is 5.92. The molecule has 0 unspecified atom stereocenters. The SMILES string of the molecule is CCC[CH2][Sn]([CH2]/C=C/C[C@@H](C)COCc1ccccc1)([CH2]CCC)[CH2]CCC. The van der Waals surface area contributed by atoms with Crippen LogP contribution in [0.5, 0.6) is 0 Å². The fraction of sp³-hybridized carbons (Fsp3) is 0.692. The van der Waals surface area contributed by atoms with E-state index in [9.17, 15) is 0 Å². The minimum absolute atomic E-state index is 0.603. The molecule has 0 aliphatic rings.